The second kappa shape index (κ2) is 4.24. The zero-order chi connectivity index (χ0) is 12.9. The normalized spacial score (nSPS) is 37.7. The molecule has 2 saturated carbocycles. The van der Waals surface area contributed by atoms with Crippen LogP contribution in [0.3, 0.4) is 0 Å². The first-order valence-corrected chi connectivity index (χ1v) is 7.79. The summed E-state index contributed by atoms with van der Waals surface area (Å²) >= 11 is 0. The van der Waals surface area contributed by atoms with E-state index in [1.54, 1.807) is 0 Å². The molecule has 19 heavy (non-hydrogen) atoms. The van der Waals surface area contributed by atoms with Crippen LogP contribution in [0.15, 0.2) is 24.3 Å². The molecule has 1 aromatic rings. The smallest absolute Gasteiger partial charge is 0.124 e. The highest BCUT2D eigenvalue weighted by molar-refractivity contribution is 5.38. The van der Waals surface area contributed by atoms with E-state index >= 15 is 0 Å². The Morgan fingerprint density at radius 1 is 1.05 bits per heavy atom. The van der Waals surface area contributed by atoms with Gasteiger partial charge in [0.05, 0.1) is 0 Å². The molecule has 2 heteroatoms. The van der Waals surface area contributed by atoms with Crippen molar-refractivity contribution in [3.05, 3.63) is 29.8 Å². The summed E-state index contributed by atoms with van der Waals surface area (Å²) in [5.41, 5.74) is 7.65. The summed E-state index contributed by atoms with van der Waals surface area (Å²) in [6.07, 6.45) is 9.06. The van der Waals surface area contributed by atoms with E-state index < -0.39 is 0 Å². The molecule has 3 aliphatic rings. The van der Waals surface area contributed by atoms with E-state index in [1.165, 1.54) is 44.1 Å². The van der Waals surface area contributed by atoms with Crippen LogP contribution in [-0.2, 0) is 0 Å². The standard InChI is InChI=1S/C17H23NO/c18-15-11-17(19-16-6-2-1-5-14(15)16)9-3-4-13(10-17)12-7-8-12/h1-2,5-6,12-13,15H,3-4,7-11,18H2/t13?,15-,17?/m1/s1. The van der Waals surface area contributed by atoms with Crippen LogP contribution in [0.5, 0.6) is 5.75 Å². The third-order valence-electron chi connectivity index (χ3n) is 5.37. The van der Waals surface area contributed by atoms with Crippen molar-refractivity contribution < 1.29 is 4.74 Å². The summed E-state index contributed by atoms with van der Waals surface area (Å²) in [5.74, 6) is 2.93. The molecule has 2 nitrogen and oxygen atoms in total. The van der Waals surface area contributed by atoms with Crippen molar-refractivity contribution in [2.75, 3.05) is 0 Å². The Hall–Kier alpha value is -1.02. The number of nitrogens with two attached hydrogens (primary N) is 1. The molecule has 0 radical (unpaired) electrons. The molecular formula is C17H23NO. The molecule has 0 bridgehead atoms. The van der Waals surface area contributed by atoms with Gasteiger partial charge in [0.25, 0.3) is 0 Å². The first-order valence-electron chi connectivity index (χ1n) is 7.79. The van der Waals surface area contributed by atoms with Crippen LogP contribution >= 0.6 is 0 Å². The van der Waals surface area contributed by atoms with Gasteiger partial charge in [-0.25, -0.2) is 0 Å². The highest BCUT2D eigenvalue weighted by Gasteiger charge is 2.46. The first kappa shape index (κ1) is 11.8. The SMILES string of the molecule is N[C@@H]1CC2(CCCC(C3CC3)C2)Oc2ccccc21. The zero-order valence-corrected chi connectivity index (χ0v) is 11.5. The van der Waals surface area contributed by atoms with Gasteiger partial charge in [-0.15, -0.1) is 0 Å². The van der Waals surface area contributed by atoms with Crippen molar-refractivity contribution in [1.29, 1.82) is 0 Å². The predicted octanol–water partition coefficient (Wildman–Crippen LogP) is 3.81. The van der Waals surface area contributed by atoms with Crippen molar-refractivity contribution in [3.63, 3.8) is 0 Å². The zero-order valence-electron chi connectivity index (χ0n) is 11.5. The topological polar surface area (TPSA) is 35.2 Å². The van der Waals surface area contributed by atoms with Crippen LogP contribution in [-0.4, -0.2) is 5.60 Å². The number of ether oxygens (including phenoxy) is 1. The quantitative estimate of drug-likeness (QED) is 0.830. The molecule has 0 amide bonds. The van der Waals surface area contributed by atoms with Gasteiger partial charge >= 0.3 is 0 Å². The fourth-order valence-electron chi connectivity index (χ4n) is 4.28. The minimum absolute atomic E-state index is 0.0409. The molecule has 1 spiro atoms. The number of benzene rings is 1. The maximum atomic E-state index is 6.46. The molecule has 1 heterocycles. The van der Waals surface area contributed by atoms with E-state index in [1.807, 2.05) is 0 Å². The molecule has 4 rings (SSSR count). The minimum atomic E-state index is 0.0409. The first-order chi connectivity index (χ1) is 9.26. The second-order valence-electron chi connectivity index (χ2n) is 6.83. The molecule has 0 aromatic heterocycles. The molecular weight excluding hydrogens is 234 g/mol. The van der Waals surface area contributed by atoms with Gasteiger partial charge in [-0.2, -0.15) is 0 Å². The van der Waals surface area contributed by atoms with E-state index in [4.69, 9.17) is 10.5 Å². The number of para-hydroxylation sites is 1. The van der Waals surface area contributed by atoms with Crippen molar-refractivity contribution in [1.82, 2.24) is 0 Å². The van der Waals surface area contributed by atoms with Crippen LogP contribution in [0.1, 0.15) is 56.6 Å². The maximum Gasteiger partial charge on any atom is 0.124 e. The van der Waals surface area contributed by atoms with E-state index in [0.29, 0.717) is 0 Å². The Morgan fingerprint density at radius 2 is 1.89 bits per heavy atom. The van der Waals surface area contributed by atoms with Crippen LogP contribution < -0.4 is 10.5 Å². The Kier molecular flexibility index (Phi) is 2.63. The number of hydrogen-bond acceptors (Lipinski definition) is 2. The number of rotatable bonds is 1. The van der Waals surface area contributed by atoms with Gasteiger partial charge in [-0.05, 0) is 56.4 Å². The Labute approximate surface area is 115 Å². The van der Waals surface area contributed by atoms with Gasteiger partial charge < -0.3 is 10.5 Å². The molecule has 3 atom stereocenters. The van der Waals surface area contributed by atoms with Crippen molar-refractivity contribution in [3.8, 4) is 5.75 Å². The van der Waals surface area contributed by atoms with E-state index in [-0.39, 0.29) is 11.6 Å². The minimum Gasteiger partial charge on any atom is -0.487 e. The van der Waals surface area contributed by atoms with Crippen molar-refractivity contribution >= 4 is 0 Å². The Bertz CT molecular complexity index is 482. The van der Waals surface area contributed by atoms with Crippen molar-refractivity contribution in [2.24, 2.45) is 17.6 Å². The molecule has 2 unspecified atom stereocenters. The van der Waals surface area contributed by atoms with E-state index in [9.17, 15) is 0 Å². The number of hydrogen-bond donors (Lipinski definition) is 1. The lowest BCUT2D eigenvalue weighted by Gasteiger charge is -2.46. The van der Waals surface area contributed by atoms with E-state index in [0.717, 1.165) is 24.0 Å². The molecule has 102 valence electrons. The Morgan fingerprint density at radius 3 is 2.74 bits per heavy atom. The maximum absolute atomic E-state index is 6.46. The highest BCUT2D eigenvalue weighted by atomic mass is 16.5. The molecule has 1 aromatic carbocycles. The fourth-order valence-corrected chi connectivity index (χ4v) is 4.28. The van der Waals surface area contributed by atoms with Gasteiger partial charge in [0.1, 0.15) is 11.4 Å². The second-order valence-corrected chi connectivity index (χ2v) is 6.83. The molecule has 0 saturated heterocycles. The third-order valence-corrected chi connectivity index (χ3v) is 5.37. The van der Waals surface area contributed by atoms with Crippen molar-refractivity contribution in [2.45, 2.75) is 56.6 Å². The average molecular weight is 257 g/mol. The summed E-state index contributed by atoms with van der Waals surface area (Å²) in [7, 11) is 0. The summed E-state index contributed by atoms with van der Waals surface area (Å²) in [6.45, 7) is 0. The summed E-state index contributed by atoms with van der Waals surface area (Å²) in [5, 5.41) is 0. The Balaban J connectivity index is 1.62. The monoisotopic (exact) mass is 257 g/mol. The van der Waals surface area contributed by atoms with Gasteiger partial charge in [0, 0.05) is 18.0 Å². The largest absolute Gasteiger partial charge is 0.487 e. The third kappa shape index (κ3) is 2.06. The van der Waals surface area contributed by atoms with Crippen LogP contribution in [0.2, 0.25) is 0 Å². The lowest BCUT2D eigenvalue weighted by molar-refractivity contribution is -0.0207. The average Bonchev–Trinajstić information content (AvgIpc) is 3.23. The van der Waals surface area contributed by atoms with Crippen LogP contribution in [0, 0.1) is 11.8 Å². The molecule has 2 N–H and O–H groups in total. The molecule has 2 aliphatic carbocycles. The van der Waals surface area contributed by atoms with Gasteiger partial charge in [-0.3, -0.25) is 0 Å². The molecule has 1 aliphatic heterocycles. The summed E-state index contributed by atoms with van der Waals surface area (Å²) in [6, 6.07) is 8.49. The summed E-state index contributed by atoms with van der Waals surface area (Å²) in [4.78, 5) is 0. The van der Waals surface area contributed by atoms with Gasteiger partial charge in [0.15, 0.2) is 0 Å². The lowest BCUT2D eigenvalue weighted by Crippen LogP contribution is -2.46. The lowest BCUT2D eigenvalue weighted by atomic mass is 9.71. The van der Waals surface area contributed by atoms with Gasteiger partial charge in [-0.1, -0.05) is 18.2 Å². The highest BCUT2D eigenvalue weighted by Crippen LogP contribution is 2.51. The predicted molar refractivity (Wildman–Crippen MR) is 76.0 cm³/mol. The van der Waals surface area contributed by atoms with E-state index in [2.05, 4.69) is 24.3 Å². The van der Waals surface area contributed by atoms with Crippen LogP contribution in [0.25, 0.3) is 0 Å². The molecule has 2 fully saturated rings. The van der Waals surface area contributed by atoms with Crippen LogP contribution in [0.4, 0.5) is 0 Å². The fraction of sp³-hybridized carbons (Fsp3) is 0.647. The summed E-state index contributed by atoms with van der Waals surface area (Å²) < 4.78 is 6.46. The van der Waals surface area contributed by atoms with Gasteiger partial charge in [0.2, 0.25) is 0 Å². The number of fused-ring (bicyclic) bond motifs is 1.